The Kier molecular flexibility index (Phi) is 4.47. The number of carbonyl (C=O) groups is 2. The fourth-order valence-electron chi connectivity index (χ4n) is 2.55. The molecule has 128 valence electrons. The van der Waals surface area contributed by atoms with Gasteiger partial charge in [0.15, 0.2) is 5.78 Å². The van der Waals surface area contributed by atoms with Gasteiger partial charge in [0.25, 0.3) is 5.91 Å². The minimum Gasteiger partial charge on any atom is -0.356 e. The van der Waals surface area contributed by atoms with Crippen molar-refractivity contribution in [1.82, 2.24) is 19.9 Å². The van der Waals surface area contributed by atoms with Crippen LogP contribution in [0.5, 0.6) is 0 Å². The summed E-state index contributed by atoms with van der Waals surface area (Å²) in [5, 5.41) is 2.88. The molecule has 0 radical (unpaired) electrons. The van der Waals surface area contributed by atoms with Crippen molar-refractivity contribution in [3.05, 3.63) is 77.4 Å². The molecule has 1 aromatic carbocycles. The lowest BCUT2D eigenvalue weighted by molar-refractivity contribution is 0.0936. The van der Waals surface area contributed by atoms with Gasteiger partial charge >= 0.3 is 0 Å². The first kappa shape index (κ1) is 16.6. The van der Waals surface area contributed by atoms with Crippen molar-refractivity contribution >= 4 is 11.7 Å². The number of hydrogen-bond acceptors (Lipinski definition) is 3. The number of imidazole rings is 1. The molecule has 0 bridgehead atoms. The van der Waals surface area contributed by atoms with E-state index in [1.807, 2.05) is 7.05 Å². The molecule has 0 saturated heterocycles. The summed E-state index contributed by atoms with van der Waals surface area (Å²) in [7, 11) is 1.81. The summed E-state index contributed by atoms with van der Waals surface area (Å²) in [4.78, 5) is 31.0. The Balaban J connectivity index is 1.92. The van der Waals surface area contributed by atoms with Crippen LogP contribution < -0.4 is 5.32 Å². The number of halogens is 1. The van der Waals surface area contributed by atoms with E-state index in [1.165, 1.54) is 31.3 Å². The van der Waals surface area contributed by atoms with Gasteiger partial charge in [-0.1, -0.05) is 12.1 Å². The Hall–Kier alpha value is -3.22. The summed E-state index contributed by atoms with van der Waals surface area (Å²) >= 11 is 0. The number of nitrogens with one attached hydrogen (secondary N) is 2. The smallest absolute Gasteiger partial charge is 0.268 e. The maximum absolute atomic E-state index is 13.2. The van der Waals surface area contributed by atoms with Crippen LogP contribution in [-0.4, -0.2) is 26.2 Å². The topological polar surface area (TPSA) is 79.8 Å². The molecule has 0 saturated carbocycles. The van der Waals surface area contributed by atoms with E-state index in [1.54, 1.807) is 29.1 Å². The number of Topliss-reactive ketones (excluding diaryl/α,β-unsaturated/α-hetero) is 1. The fraction of sp³-hybridized carbons (Fsp3) is 0.167. The molecule has 0 spiro atoms. The maximum Gasteiger partial charge on any atom is 0.268 e. The van der Waals surface area contributed by atoms with Crippen molar-refractivity contribution in [1.29, 1.82) is 0 Å². The van der Waals surface area contributed by atoms with Crippen LogP contribution in [0.25, 0.3) is 0 Å². The molecule has 6 nitrogen and oxygen atoms in total. The minimum absolute atomic E-state index is 0.130. The zero-order valence-corrected chi connectivity index (χ0v) is 13.8. The van der Waals surface area contributed by atoms with E-state index in [4.69, 9.17) is 0 Å². The second-order valence-electron chi connectivity index (χ2n) is 5.71. The number of aryl methyl sites for hydroxylation is 1. The summed E-state index contributed by atoms with van der Waals surface area (Å²) in [5.41, 5.74) is 1.40. The van der Waals surface area contributed by atoms with Gasteiger partial charge < -0.3 is 14.9 Å². The molecular weight excluding hydrogens is 323 g/mol. The van der Waals surface area contributed by atoms with Crippen molar-refractivity contribution in [3.8, 4) is 0 Å². The molecule has 25 heavy (non-hydrogen) atoms. The highest BCUT2D eigenvalue weighted by Crippen LogP contribution is 2.21. The van der Waals surface area contributed by atoms with Crippen molar-refractivity contribution in [2.45, 2.75) is 13.0 Å². The number of hydrogen-bond donors (Lipinski definition) is 2. The molecule has 1 amide bonds. The van der Waals surface area contributed by atoms with Gasteiger partial charge in [-0.3, -0.25) is 9.59 Å². The quantitative estimate of drug-likeness (QED) is 0.701. The van der Waals surface area contributed by atoms with Gasteiger partial charge in [-0.05, 0) is 30.7 Å². The normalized spacial score (nSPS) is 12.0. The second-order valence-corrected chi connectivity index (χ2v) is 5.71. The van der Waals surface area contributed by atoms with Crippen LogP contribution in [0.1, 0.15) is 45.2 Å². The number of nitrogens with zero attached hydrogens (tertiary/aromatic N) is 2. The van der Waals surface area contributed by atoms with E-state index in [0.29, 0.717) is 17.0 Å². The van der Waals surface area contributed by atoms with Crippen LogP contribution in [0.2, 0.25) is 0 Å². The zero-order valence-electron chi connectivity index (χ0n) is 13.8. The van der Waals surface area contributed by atoms with Crippen LogP contribution in [0, 0.1) is 5.82 Å². The van der Waals surface area contributed by atoms with Gasteiger partial charge in [0.2, 0.25) is 0 Å². The Morgan fingerprint density at radius 1 is 1.28 bits per heavy atom. The summed E-state index contributed by atoms with van der Waals surface area (Å²) in [6, 6.07) is 6.81. The Labute approximate surface area is 143 Å². The van der Waals surface area contributed by atoms with E-state index in [0.717, 1.165) is 0 Å². The predicted octanol–water partition coefficient (Wildman–Crippen LogP) is 2.61. The minimum atomic E-state index is -0.558. The lowest BCUT2D eigenvalue weighted by Crippen LogP contribution is -2.31. The van der Waals surface area contributed by atoms with Crippen LogP contribution in [0.4, 0.5) is 4.39 Å². The number of H-pyrrole nitrogens is 1. The Morgan fingerprint density at radius 3 is 2.56 bits per heavy atom. The highest BCUT2D eigenvalue weighted by Gasteiger charge is 2.22. The van der Waals surface area contributed by atoms with E-state index in [9.17, 15) is 14.0 Å². The number of aromatic amines is 1. The Bertz CT molecular complexity index is 911. The monoisotopic (exact) mass is 340 g/mol. The predicted molar refractivity (Wildman–Crippen MR) is 89.7 cm³/mol. The van der Waals surface area contributed by atoms with Gasteiger partial charge in [-0.2, -0.15) is 0 Å². The van der Waals surface area contributed by atoms with Gasteiger partial charge in [-0.25, -0.2) is 9.37 Å². The summed E-state index contributed by atoms with van der Waals surface area (Å²) in [6.07, 6.45) is 4.88. The first-order chi connectivity index (χ1) is 12.0. The average Bonchev–Trinajstić information content (AvgIpc) is 3.23. The third kappa shape index (κ3) is 3.50. The van der Waals surface area contributed by atoms with Crippen LogP contribution in [0.15, 0.2) is 48.9 Å². The zero-order chi connectivity index (χ0) is 18.0. The number of rotatable bonds is 5. The van der Waals surface area contributed by atoms with E-state index < -0.39 is 6.04 Å². The third-order valence-electron chi connectivity index (χ3n) is 3.93. The van der Waals surface area contributed by atoms with Gasteiger partial charge in [-0.15, -0.1) is 0 Å². The second kappa shape index (κ2) is 6.72. The molecule has 3 rings (SSSR count). The van der Waals surface area contributed by atoms with Crippen molar-refractivity contribution in [3.63, 3.8) is 0 Å². The van der Waals surface area contributed by atoms with Crippen LogP contribution in [0.3, 0.4) is 0 Å². The number of ketones is 1. The molecule has 1 atom stereocenters. The van der Waals surface area contributed by atoms with Gasteiger partial charge in [0, 0.05) is 31.2 Å². The lowest BCUT2D eigenvalue weighted by Gasteiger charge is -2.19. The largest absolute Gasteiger partial charge is 0.356 e. The molecular formula is C18H17FN4O2. The average molecular weight is 340 g/mol. The molecule has 0 aliphatic heterocycles. The van der Waals surface area contributed by atoms with E-state index >= 15 is 0 Å². The number of benzene rings is 1. The first-order valence-electron chi connectivity index (χ1n) is 7.68. The molecule has 2 N–H and O–H groups in total. The lowest BCUT2D eigenvalue weighted by atomic mass is 10.1. The van der Waals surface area contributed by atoms with Crippen LogP contribution >= 0.6 is 0 Å². The van der Waals surface area contributed by atoms with Gasteiger partial charge in [0.1, 0.15) is 23.4 Å². The standard InChI is InChI=1S/C18H17FN4O2/c1-11(24)13-9-15(21-10-13)18(25)22-16(17-20-7-8-23(17)2)12-3-5-14(19)6-4-12/h3-10,16,21H,1-2H3,(H,22,25). The molecule has 2 aromatic heterocycles. The molecule has 0 aliphatic rings. The summed E-state index contributed by atoms with van der Waals surface area (Å²) in [5.74, 6) is -0.262. The fourth-order valence-corrected chi connectivity index (χ4v) is 2.55. The highest BCUT2D eigenvalue weighted by molar-refractivity contribution is 5.99. The highest BCUT2D eigenvalue weighted by atomic mass is 19.1. The number of carbonyl (C=O) groups excluding carboxylic acids is 2. The number of amides is 1. The van der Waals surface area contributed by atoms with Crippen molar-refractivity contribution < 1.29 is 14.0 Å². The SMILES string of the molecule is CC(=O)c1c[nH]c(C(=O)NC(c2ccc(F)cc2)c2nccn2C)c1. The summed E-state index contributed by atoms with van der Waals surface area (Å²) in [6.45, 7) is 1.43. The number of aromatic nitrogens is 3. The summed E-state index contributed by atoms with van der Waals surface area (Å²) < 4.78 is 15.0. The first-order valence-corrected chi connectivity index (χ1v) is 7.68. The molecule has 2 heterocycles. The molecule has 3 aromatic rings. The third-order valence-corrected chi connectivity index (χ3v) is 3.93. The van der Waals surface area contributed by atoms with Gasteiger partial charge in [0.05, 0.1) is 0 Å². The Morgan fingerprint density at radius 2 is 2.00 bits per heavy atom. The van der Waals surface area contributed by atoms with Crippen molar-refractivity contribution in [2.75, 3.05) is 0 Å². The molecule has 7 heteroatoms. The van der Waals surface area contributed by atoms with E-state index in [-0.39, 0.29) is 23.2 Å². The molecule has 0 fully saturated rings. The van der Waals surface area contributed by atoms with Crippen LogP contribution in [-0.2, 0) is 7.05 Å². The van der Waals surface area contributed by atoms with E-state index in [2.05, 4.69) is 15.3 Å². The maximum atomic E-state index is 13.2. The molecule has 0 aliphatic carbocycles. The molecule has 1 unspecified atom stereocenters. The van der Waals surface area contributed by atoms with Crippen molar-refractivity contribution in [2.24, 2.45) is 7.05 Å².